The molecule has 0 atom stereocenters. The number of nitrogens with zero attached hydrogens (tertiary/aromatic N) is 1. The minimum atomic E-state index is -0.637. The number of aryl methyl sites for hydroxylation is 1. The molecule has 1 aromatic rings. The van der Waals surface area contributed by atoms with E-state index in [2.05, 4.69) is 4.98 Å². The molecule has 0 fully saturated rings. The number of halogens is 2. The first kappa shape index (κ1) is 8.14. The third-order valence-corrected chi connectivity index (χ3v) is 1.63. The molecule has 0 amide bonds. The molecule has 0 bridgehead atoms. The lowest BCUT2D eigenvalue weighted by molar-refractivity contribution is 0.111. The summed E-state index contributed by atoms with van der Waals surface area (Å²) in [6, 6.07) is 1.18. The Hall–Kier alpha value is -0.960. The average Bonchev–Trinajstić information content (AvgIpc) is 1.97. The van der Waals surface area contributed by atoms with Crippen LogP contribution in [0, 0.1) is 12.7 Å². The fraction of sp³-hybridized carbons (Fsp3) is 0.143. The summed E-state index contributed by atoms with van der Waals surface area (Å²) in [5, 5.41) is 0.161. The first-order valence-corrected chi connectivity index (χ1v) is 3.30. The summed E-state index contributed by atoms with van der Waals surface area (Å²) in [7, 11) is 0. The van der Waals surface area contributed by atoms with Gasteiger partial charge in [-0.2, -0.15) is 0 Å². The summed E-state index contributed by atoms with van der Waals surface area (Å²) < 4.78 is 12.7. The van der Waals surface area contributed by atoms with E-state index in [1.54, 1.807) is 6.92 Å². The van der Waals surface area contributed by atoms with E-state index in [0.717, 1.165) is 0 Å². The van der Waals surface area contributed by atoms with Crippen molar-refractivity contribution in [3.8, 4) is 0 Å². The van der Waals surface area contributed by atoms with Crippen molar-refractivity contribution in [1.82, 2.24) is 4.98 Å². The Kier molecular flexibility index (Phi) is 2.19. The SMILES string of the molecule is Cc1cc(F)c(C=O)nc1Cl. The van der Waals surface area contributed by atoms with Crippen LogP contribution in [-0.4, -0.2) is 11.3 Å². The molecule has 0 aromatic carbocycles. The Morgan fingerprint density at radius 1 is 1.73 bits per heavy atom. The van der Waals surface area contributed by atoms with Gasteiger partial charge in [0.2, 0.25) is 0 Å². The predicted octanol–water partition coefficient (Wildman–Crippen LogP) is 2.00. The van der Waals surface area contributed by atoms with E-state index in [1.165, 1.54) is 6.07 Å². The fourth-order valence-corrected chi connectivity index (χ4v) is 0.799. The molecular formula is C7H5ClFNO. The molecule has 1 aromatic heterocycles. The Morgan fingerprint density at radius 3 is 2.91 bits per heavy atom. The van der Waals surface area contributed by atoms with Gasteiger partial charge in [-0.15, -0.1) is 0 Å². The lowest BCUT2D eigenvalue weighted by atomic mass is 10.3. The van der Waals surface area contributed by atoms with Crippen LogP contribution in [0.25, 0.3) is 0 Å². The van der Waals surface area contributed by atoms with E-state index in [9.17, 15) is 9.18 Å². The molecule has 0 aliphatic carbocycles. The zero-order valence-electron chi connectivity index (χ0n) is 5.77. The maximum atomic E-state index is 12.7. The van der Waals surface area contributed by atoms with Crippen molar-refractivity contribution in [2.45, 2.75) is 6.92 Å². The number of hydrogen-bond acceptors (Lipinski definition) is 2. The van der Waals surface area contributed by atoms with Gasteiger partial charge in [0, 0.05) is 0 Å². The second kappa shape index (κ2) is 2.96. The van der Waals surface area contributed by atoms with Crippen LogP contribution in [0.5, 0.6) is 0 Å². The fourth-order valence-electron chi connectivity index (χ4n) is 0.654. The Morgan fingerprint density at radius 2 is 2.36 bits per heavy atom. The zero-order valence-corrected chi connectivity index (χ0v) is 6.52. The molecule has 0 saturated heterocycles. The summed E-state index contributed by atoms with van der Waals surface area (Å²) in [5.41, 5.74) is 0.273. The van der Waals surface area contributed by atoms with Gasteiger partial charge >= 0.3 is 0 Å². The van der Waals surface area contributed by atoms with Crippen LogP contribution < -0.4 is 0 Å². The number of rotatable bonds is 1. The normalized spacial score (nSPS) is 9.73. The van der Waals surface area contributed by atoms with Crippen molar-refractivity contribution in [2.24, 2.45) is 0 Å². The number of aromatic nitrogens is 1. The van der Waals surface area contributed by atoms with Crippen molar-refractivity contribution in [3.05, 3.63) is 28.3 Å². The smallest absolute Gasteiger partial charge is 0.171 e. The number of carbonyl (C=O) groups is 1. The van der Waals surface area contributed by atoms with Gasteiger partial charge in [-0.05, 0) is 18.6 Å². The molecular weight excluding hydrogens is 169 g/mol. The predicted molar refractivity (Wildman–Crippen MR) is 39.3 cm³/mol. The summed E-state index contributed by atoms with van der Waals surface area (Å²) in [6.45, 7) is 1.62. The maximum Gasteiger partial charge on any atom is 0.171 e. The molecule has 4 heteroatoms. The van der Waals surface area contributed by atoms with Gasteiger partial charge in [-0.1, -0.05) is 11.6 Å². The average molecular weight is 174 g/mol. The van der Waals surface area contributed by atoms with E-state index in [1.807, 2.05) is 0 Å². The van der Waals surface area contributed by atoms with Crippen LogP contribution in [-0.2, 0) is 0 Å². The molecule has 0 N–H and O–H groups in total. The maximum absolute atomic E-state index is 12.7. The summed E-state index contributed by atoms with van der Waals surface area (Å²) in [5.74, 6) is -0.637. The highest BCUT2D eigenvalue weighted by Gasteiger charge is 2.05. The summed E-state index contributed by atoms with van der Waals surface area (Å²) >= 11 is 5.53. The molecule has 11 heavy (non-hydrogen) atoms. The van der Waals surface area contributed by atoms with Crippen LogP contribution in [0.4, 0.5) is 4.39 Å². The molecule has 0 aliphatic rings. The van der Waals surface area contributed by atoms with Gasteiger partial charge in [-0.3, -0.25) is 4.79 Å². The lowest BCUT2D eigenvalue weighted by Gasteiger charge is -1.97. The van der Waals surface area contributed by atoms with E-state index < -0.39 is 5.82 Å². The van der Waals surface area contributed by atoms with Crippen molar-refractivity contribution >= 4 is 17.9 Å². The second-order valence-electron chi connectivity index (χ2n) is 2.08. The van der Waals surface area contributed by atoms with Gasteiger partial charge in [-0.25, -0.2) is 9.37 Å². The van der Waals surface area contributed by atoms with E-state index in [-0.39, 0.29) is 10.8 Å². The molecule has 58 valence electrons. The topological polar surface area (TPSA) is 30.0 Å². The van der Waals surface area contributed by atoms with Crippen LogP contribution in [0.15, 0.2) is 6.07 Å². The van der Waals surface area contributed by atoms with Crippen molar-refractivity contribution in [2.75, 3.05) is 0 Å². The molecule has 0 saturated carbocycles. The zero-order chi connectivity index (χ0) is 8.43. The third kappa shape index (κ3) is 1.54. The standard InChI is InChI=1S/C7H5ClFNO/c1-4-2-5(9)6(3-11)10-7(4)8/h2-3H,1H3. The van der Waals surface area contributed by atoms with Crippen molar-refractivity contribution < 1.29 is 9.18 Å². The molecule has 0 unspecified atom stereocenters. The molecule has 2 nitrogen and oxygen atoms in total. The van der Waals surface area contributed by atoms with Crippen molar-refractivity contribution in [3.63, 3.8) is 0 Å². The van der Waals surface area contributed by atoms with E-state index in [0.29, 0.717) is 11.8 Å². The largest absolute Gasteiger partial charge is 0.296 e. The van der Waals surface area contributed by atoms with Gasteiger partial charge in [0.25, 0.3) is 0 Å². The highest BCUT2D eigenvalue weighted by Crippen LogP contribution is 2.14. The van der Waals surface area contributed by atoms with Crippen LogP contribution in [0.1, 0.15) is 16.1 Å². The Labute approximate surface area is 68.0 Å². The third-order valence-electron chi connectivity index (χ3n) is 1.24. The second-order valence-corrected chi connectivity index (χ2v) is 2.44. The van der Waals surface area contributed by atoms with Crippen LogP contribution in [0.3, 0.4) is 0 Å². The minimum absolute atomic E-state index is 0.161. The quantitative estimate of drug-likeness (QED) is 0.480. The summed E-state index contributed by atoms with van der Waals surface area (Å²) in [6.07, 6.45) is 0.334. The minimum Gasteiger partial charge on any atom is -0.296 e. The molecule has 0 aliphatic heterocycles. The molecule has 1 heterocycles. The Bertz CT molecular complexity index is 301. The number of carbonyl (C=O) groups excluding carboxylic acids is 1. The highest BCUT2D eigenvalue weighted by molar-refractivity contribution is 6.30. The van der Waals surface area contributed by atoms with E-state index >= 15 is 0 Å². The van der Waals surface area contributed by atoms with Crippen molar-refractivity contribution in [1.29, 1.82) is 0 Å². The van der Waals surface area contributed by atoms with Gasteiger partial charge < -0.3 is 0 Å². The summed E-state index contributed by atoms with van der Waals surface area (Å²) in [4.78, 5) is 13.6. The number of pyridine rings is 1. The molecule has 1 rings (SSSR count). The first-order valence-electron chi connectivity index (χ1n) is 2.93. The van der Waals surface area contributed by atoms with Gasteiger partial charge in [0.05, 0.1) is 0 Å². The van der Waals surface area contributed by atoms with E-state index in [4.69, 9.17) is 11.6 Å². The number of hydrogen-bond donors (Lipinski definition) is 0. The van der Waals surface area contributed by atoms with Crippen LogP contribution >= 0.6 is 11.6 Å². The van der Waals surface area contributed by atoms with Gasteiger partial charge in [0.15, 0.2) is 12.1 Å². The molecule has 0 radical (unpaired) electrons. The Balaban J connectivity index is 3.31. The lowest BCUT2D eigenvalue weighted by Crippen LogP contribution is -1.94. The molecule has 0 spiro atoms. The monoisotopic (exact) mass is 173 g/mol. The van der Waals surface area contributed by atoms with Crippen LogP contribution in [0.2, 0.25) is 5.15 Å². The van der Waals surface area contributed by atoms with Gasteiger partial charge in [0.1, 0.15) is 10.8 Å². The highest BCUT2D eigenvalue weighted by atomic mass is 35.5. The number of aldehydes is 1. The first-order chi connectivity index (χ1) is 5.15.